The Morgan fingerprint density at radius 3 is 2.86 bits per heavy atom. The van der Waals surface area contributed by atoms with Gasteiger partial charge in [-0.15, -0.1) is 0 Å². The molecule has 1 fully saturated rings. The normalized spacial score (nSPS) is 15.0. The van der Waals surface area contributed by atoms with E-state index in [2.05, 4.69) is 31.2 Å². The summed E-state index contributed by atoms with van der Waals surface area (Å²) in [5.74, 6) is -0.127. The van der Waals surface area contributed by atoms with Crippen molar-refractivity contribution in [1.29, 1.82) is 0 Å². The quantitative estimate of drug-likeness (QED) is 0.361. The molecule has 1 saturated carbocycles. The number of nitrogens with one attached hydrogen (secondary N) is 4. The van der Waals surface area contributed by atoms with Crippen molar-refractivity contribution < 1.29 is 14.0 Å². The van der Waals surface area contributed by atoms with Gasteiger partial charge in [0.2, 0.25) is 11.9 Å². The summed E-state index contributed by atoms with van der Waals surface area (Å²) in [5.41, 5.74) is 2.63. The first kappa shape index (κ1) is 23.0. The smallest absolute Gasteiger partial charge is 0.253 e. The zero-order valence-electron chi connectivity index (χ0n) is 18.8. The first-order valence-electron chi connectivity index (χ1n) is 11.5. The van der Waals surface area contributed by atoms with Crippen LogP contribution in [0.3, 0.4) is 0 Å². The van der Waals surface area contributed by atoms with E-state index in [0.717, 1.165) is 36.9 Å². The third-order valence-corrected chi connectivity index (χ3v) is 6.26. The molecule has 5 rings (SSSR count). The van der Waals surface area contributed by atoms with Crippen molar-refractivity contribution in [2.75, 3.05) is 22.5 Å². The van der Waals surface area contributed by atoms with E-state index in [9.17, 15) is 14.0 Å². The summed E-state index contributed by atoms with van der Waals surface area (Å²) in [6.07, 6.45) is 5.69. The summed E-state index contributed by atoms with van der Waals surface area (Å²) in [5, 5.41) is 11.9. The molecule has 0 atom stereocenters. The van der Waals surface area contributed by atoms with Crippen LogP contribution in [0.1, 0.15) is 41.6 Å². The number of hydrogen-bond donors (Lipinski definition) is 4. The highest BCUT2D eigenvalue weighted by Crippen LogP contribution is 2.31. The fourth-order valence-corrected chi connectivity index (χ4v) is 4.04. The maximum absolute atomic E-state index is 14.7. The second-order valence-electron chi connectivity index (χ2n) is 8.73. The van der Waals surface area contributed by atoms with Crippen molar-refractivity contribution in [1.82, 2.24) is 15.3 Å². The predicted molar refractivity (Wildman–Crippen MR) is 133 cm³/mol. The Balaban J connectivity index is 1.37. The Labute approximate surface area is 206 Å². The summed E-state index contributed by atoms with van der Waals surface area (Å²) < 4.78 is 14.7. The molecule has 180 valence electrons. The van der Waals surface area contributed by atoms with Gasteiger partial charge in [0.15, 0.2) is 5.82 Å². The van der Waals surface area contributed by atoms with Gasteiger partial charge in [0.05, 0.1) is 17.4 Å². The molecule has 0 saturated heterocycles. The Hall–Kier alpha value is -3.72. The number of rotatable bonds is 7. The second kappa shape index (κ2) is 9.87. The van der Waals surface area contributed by atoms with Crippen LogP contribution in [0.4, 0.5) is 33.2 Å². The highest BCUT2D eigenvalue weighted by molar-refractivity contribution is 6.33. The molecule has 10 heteroatoms. The van der Waals surface area contributed by atoms with E-state index in [-0.39, 0.29) is 39.9 Å². The van der Waals surface area contributed by atoms with Crippen molar-refractivity contribution in [3.63, 3.8) is 0 Å². The molecule has 1 aromatic heterocycles. The molecule has 35 heavy (non-hydrogen) atoms. The number of benzene rings is 2. The number of aryl methyl sites for hydroxylation is 1. The van der Waals surface area contributed by atoms with Crippen LogP contribution in [-0.4, -0.2) is 28.3 Å². The summed E-state index contributed by atoms with van der Waals surface area (Å²) in [4.78, 5) is 33.2. The van der Waals surface area contributed by atoms with Crippen LogP contribution in [0.25, 0.3) is 0 Å². The van der Waals surface area contributed by atoms with Gasteiger partial charge < -0.3 is 21.3 Å². The maximum atomic E-state index is 14.7. The molecular weight excluding hydrogens is 471 g/mol. The van der Waals surface area contributed by atoms with Crippen LogP contribution in [0, 0.1) is 11.7 Å². The summed E-state index contributed by atoms with van der Waals surface area (Å²) in [7, 11) is 0. The van der Waals surface area contributed by atoms with Crippen LogP contribution in [0.15, 0.2) is 42.6 Å². The van der Waals surface area contributed by atoms with Gasteiger partial charge >= 0.3 is 0 Å². The van der Waals surface area contributed by atoms with E-state index in [1.807, 2.05) is 18.2 Å². The second-order valence-corrected chi connectivity index (χ2v) is 9.14. The minimum absolute atomic E-state index is 0.0138. The van der Waals surface area contributed by atoms with Crippen LogP contribution in [0.5, 0.6) is 0 Å². The average Bonchev–Trinajstić information content (AvgIpc) is 3.68. The largest absolute Gasteiger partial charge is 0.352 e. The fraction of sp³-hybridized carbons (Fsp3) is 0.280. The van der Waals surface area contributed by atoms with Crippen molar-refractivity contribution in [2.24, 2.45) is 5.92 Å². The highest BCUT2D eigenvalue weighted by Gasteiger charge is 2.23. The van der Waals surface area contributed by atoms with Gasteiger partial charge in [0.25, 0.3) is 5.91 Å². The first-order chi connectivity index (χ1) is 17.0. The summed E-state index contributed by atoms with van der Waals surface area (Å²) >= 11 is 6.29. The third kappa shape index (κ3) is 5.51. The van der Waals surface area contributed by atoms with E-state index >= 15 is 0 Å². The summed E-state index contributed by atoms with van der Waals surface area (Å²) in [6, 6.07) is 9.94. The number of hydrogen-bond acceptors (Lipinski definition) is 6. The van der Waals surface area contributed by atoms with E-state index in [4.69, 9.17) is 11.6 Å². The number of fused-ring (bicyclic) bond motifs is 1. The molecule has 2 heterocycles. The van der Waals surface area contributed by atoms with Crippen LogP contribution < -0.4 is 21.3 Å². The molecule has 2 aliphatic rings. The Kier molecular flexibility index (Phi) is 6.50. The lowest BCUT2D eigenvalue weighted by atomic mass is 10.1. The van der Waals surface area contributed by atoms with Gasteiger partial charge in [0.1, 0.15) is 10.8 Å². The van der Waals surface area contributed by atoms with Gasteiger partial charge in [-0.05, 0) is 61.4 Å². The van der Waals surface area contributed by atoms with Gasteiger partial charge in [-0.2, -0.15) is 4.98 Å². The highest BCUT2D eigenvalue weighted by atomic mass is 35.5. The number of aromatic nitrogens is 2. The number of carbonyl (C=O) groups is 2. The number of amides is 2. The van der Waals surface area contributed by atoms with Crippen LogP contribution in [-0.2, 0) is 11.2 Å². The van der Waals surface area contributed by atoms with E-state index in [0.29, 0.717) is 24.6 Å². The minimum Gasteiger partial charge on any atom is -0.352 e. The monoisotopic (exact) mass is 494 g/mol. The van der Waals surface area contributed by atoms with Gasteiger partial charge in [-0.3, -0.25) is 9.59 Å². The van der Waals surface area contributed by atoms with Crippen molar-refractivity contribution in [2.45, 2.75) is 32.1 Å². The zero-order chi connectivity index (χ0) is 24.4. The molecule has 1 aliphatic heterocycles. The number of carbonyl (C=O) groups excluding carboxylic acids is 2. The van der Waals surface area contributed by atoms with E-state index in [1.165, 1.54) is 18.3 Å². The van der Waals surface area contributed by atoms with Gasteiger partial charge in [-0.25, -0.2) is 9.37 Å². The number of para-hydroxylation sites is 1. The number of halogens is 2. The first-order valence-corrected chi connectivity index (χ1v) is 11.9. The molecule has 8 nitrogen and oxygen atoms in total. The van der Waals surface area contributed by atoms with E-state index < -0.39 is 5.82 Å². The summed E-state index contributed by atoms with van der Waals surface area (Å²) in [6.45, 7) is 0.568. The SMILES string of the molecule is O=C1CCCc2ccc(Nc3ncc(Cl)c(Nc4c(F)cccc4C(=O)NCC4CC4)n3)cc2N1. The van der Waals surface area contributed by atoms with E-state index in [1.54, 1.807) is 6.07 Å². The topological polar surface area (TPSA) is 108 Å². The third-order valence-electron chi connectivity index (χ3n) is 5.98. The molecule has 3 aromatic rings. The lowest BCUT2D eigenvalue weighted by Gasteiger charge is -2.15. The van der Waals surface area contributed by atoms with Crippen molar-refractivity contribution >= 4 is 52.2 Å². The predicted octanol–water partition coefficient (Wildman–Crippen LogP) is 5.17. The fourth-order valence-electron chi connectivity index (χ4n) is 3.90. The van der Waals surface area contributed by atoms with Crippen LogP contribution >= 0.6 is 11.6 Å². The molecule has 0 spiro atoms. The molecule has 2 aromatic carbocycles. The lowest BCUT2D eigenvalue weighted by Crippen LogP contribution is -2.26. The lowest BCUT2D eigenvalue weighted by molar-refractivity contribution is -0.116. The molecule has 0 unspecified atom stereocenters. The zero-order valence-corrected chi connectivity index (χ0v) is 19.6. The van der Waals surface area contributed by atoms with Gasteiger partial charge in [-0.1, -0.05) is 23.7 Å². The molecule has 0 bridgehead atoms. The Morgan fingerprint density at radius 2 is 2.03 bits per heavy atom. The average molecular weight is 495 g/mol. The number of anilines is 5. The molecule has 4 N–H and O–H groups in total. The molecule has 2 amide bonds. The molecule has 1 aliphatic carbocycles. The van der Waals surface area contributed by atoms with Crippen molar-refractivity contribution in [3.05, 3.63) is 64.6 Å². The standard InChI is InChI=1S/C25H24ClFN6O2/c26-18-13-29-25(30-16-10-9-15-3-1-6-21(34)31-20(15)11-16)33-23(18)32-22-17(4-2-5-19(22)27)24(35)28-12-14-7-8-14/h2,4-5,9-11,13-14H,1,3,6-8,12H2,(H,28,35)(H,31,34)(H2,29,30,32,33). The van der Waals surface area contributed by atoms with Crippen molar-refractivity contribution in [3.8, 4) is 0 Å². The minimum atomic E-state index is -0.602. The van der Waals surface area contributed by atoms with Gasteiger partial charge in [0, 0.05) is 24.3 Å². The number of nitrogens with zero attached hydrogens (tertiary/aromatic N) is 2. The Morgan fingerprint density at radius 1 is 1.17 bits per heavy atom. The Bertz CT molecular complexity index is 1300. The van der Waals surface area contributed by atoms with Crippen LogP contribution in [0.2, 0.25) is 5.02 Å². The molecular formula is C25H24ClFN6O2. The molecule has 0 radical (unpaired) electrons. The maximum Gasteiger partial charge on any atom is 0.253 e.